The summed E-state index contributed by atoms with van der Waals surface area (Å²) in [6.07, 6.45) is 8.71. The molecule has 17 heavy (non-hydrogen) atoms. The molecule has 3 heteroatoms. The van der Waals surface area contributed by atoms with Crippen LogP contribution in [0.2, 0.25) is 0 Å². The molecule has 1 aliphatic heterocycles. The van der Waals surface area contributed by atoms with Crippen molar-refractivity contribution in [1.29, 1.82) is 0 Å². The van der Waals surface area contributed by atoms with Gasteiger partial charge in [-0.25, -0.2) is 0 Å². The van der Waals surface area contributed by atoms with E-state index in [1.54, 1.807) is 0 Å². The molecular formula is C14H28N2O. The molecule has 3 atom stereocenters. The van der Waals surface area contributed by atoms with Crippen LogP contribution >= 0.6 is 0 Å². The summed E-state index contributed by atoms with van der Waals surface area (Å²) in [5.74, 6) is 0.845. The van der Waals surface area contributed by atoms with Gasteiger partial charge >= 0.3 is 0 Å². The standard InChI is InChI=1S/C14H28N2O/c1-15-14-7-5-3-4-6-12(14)10-16-9-8-13(11-16)17-2/h12-15H,3-11H2,1-2H3. The number of methoxy groups -OCH3 is 1. The maximum atomic E-state index is 5.45. The highest BCUT2D eigenvalue weighted by molar-refractivity contribution is 4.84. The molecule has 0 spiro atoms. The Hall–Kier alpha value is -0.120. The Labute approximate surface area is 106 Å². The Kier molecular flexibility index (Phi) is 5.26. The van der Waals surface area contributed by atoms with Crippen LogP contribution in [0.1, 0.15) is 38.5 Å². The van der Waals surface area contributed by atoms with Crippen molar-refractivity contribution in [2.75, 3.05) is 33.8 Å². The van der Waals surface area contributed by atoms with Crippen LogP contribution in [-0.2, 0) is 4.74 Å². The lowest BCUT2D eigenvalue weighted by atomic mass is 9.94. The van der Waals surface area contributed by atoms with Gasteiger partial charge in [-0.15, -0.1) is 0 Å². The molecule has 1 saturated heterocycles. The smallest absolute Gasteiger partial charge is 0.0710 e. The molecule has 0 aromatic carbocycles. The molecule has 0 bridgehead atoms. The maximum Gasteiger partial charge on any atom is 0.0710 e. The van der Waals surface area contributed by atoms with E-state index in [1.165, 1.54) is 51.6 Å². The number of hydrogen-bond acceptors (Lipinski definition) is 3. The number of hydrogen-bond donors (Lipinski definition) is 1. The number of ether oxygens (including phenoxy) is 1. The fourth-order valence-corrected chi connectivity index (χ4v) is 3.47. The van der Waals surface area contributed by atoms with Gasteiger partial charge in [0, 0.05) is 32.8 Å². The monoisotopic (exact) mass is 240 g/mol. The van der Waals surface area contributed by atoms with Gasteiger partial charge in [-0.3, -0.25) is 0 Å². The van der Waals surface area contributed by atoms with Gasteiger partial charge in [0.25, 0.3) is 0 Å². The molecule has 0 radical (unpaired) electrons. The third-order valence-electron chi connectivity index (χ3n) is 4.59. The van der Waals surface area contributed by atoms with Crippen molar-refractivity contribution in [3.8, 4) is 0 Å². The quantitative estimate of drug-likeness (QED) is 0.759. The van der Waals surface area contributed by atoms with E-state index in [1.807, 2.05) is 7.11 Å². The van der Waals surface area contributed by atoms with Crippen LogP contribution in [-0.4, -0.2) is 50.8 Å². The lowest BCUT2D eigenvalue weighted by molar-refractivity contribution is 0.104. The second-order valence-corrected chi connectivity index (χ2v) is 5.70. The first kappa shape index (κ1) is 13.3. The Bertz CT molecular complexity index is 222. The molecule has 1 heterocycles. The average Bonchev–Trinajstić information content (AvgIpc) is 2.68. The van der Waals surface area contributed by atoms with E-state index >= 15 is 0 Å². The largest absolute Gasteiger partial charge is 0.380 e. The Morgan fingerprint density at radius 2 is 2.00 bits per heavy atom. The van der Waals surface area contributed by atoms with Gasteiger partial charge < -0.3 is 15.0 Å². The van der Waals surface area contributed by atoms with Gasteiger partial charge in [0.2, 0.25) is 0 Å². The summed E-state index contributed by atoms with van der Waals surface area (Å²) in [7, 11) is 3.97. The molecule has 3 nitrogen and oxygen atoms in total. The van der Waals surface area contributed by atoms with Crippen molar-refractivity contribution in [1.82, 2.24) is 10.2 Å². The molecule has 0 amide bonds. The van der Waals surface area contributed by atoms with Crippen molar-refractivity contribution in [3.63, 3.8) is 0 Å². The molecule has 1 N–H and O–H groups in total. The molecule has 0 aromatic rings. The summed E-state index contributed by atoms with van der Waals surface area (Å²) < 4.78 is 5.45. The fourth-order valence-electron chi connectivity index (χ4n) is 3.47. The first-order valence-electron chi connectivity index (χ1n) is 7.26. The molecule has 2 rings (SSSR count). The van der Waals surface area contributed by atoms with Gasteiger partial charge in [-0.1, -0.05) is 19.3 Å². The number of nitrogens with zero attached hydrogens (tertiary/aromatic N) is 1. The molecule has 2 fully saturated rings. The van der Waals surface area contributed by atoms with Crippen LogP contribution in [0.5, 0.6) is 0 Å². The summed E-state index contributed by atoms with van der Waals surface area (Å²) >= 11 is 0. The Morgan fingerprint density at radius 1 is 1.18 bits per heavy atom. The Morgan fingerprint density at radius 3 is 2.71 bits per heavy atom. The third kappa shape index (κ3) is 3.67. The van der Waals surface area contributed by atoms with Crippen molar-refractivity contribution < 1.29 is 4.74 Å². The minimum Gasteiger partial charge on any atom is -0.380 e. The van der Waals surface area contributed by atoms with Crippen molar-refractivity contribution >= 4 is 0 Å². The van der Waals surface area contributed by atoms with Crippen LogP contribution in [0.15, 0.2) is 0 Å². The highest BCUT2D eigenvalue weighted by Crippen LogP contribution is 2.25. The second-order valence-electron chi connectivity index (χ2n) is 5.70. The zero-order chi connectivity index (χ0) is 12.1. The maximum absolute atomic E-state index is 5.45. The minimum absolute atomic E-state index is 0.480. The highest BCUT2D eigenvalue weighted by atomic mass is 16.5. The van der Waals surface area contributed by atoms with E-state index in [-0.39, 0.29) is 0 Å². The van der Waals surface area contributed by atoms with Crippen molar-refractivity contribution in [2.45, 2.75) is 50.7 Å². The van der Waals surface area contributed by atoms with Crippen LogP contribution < -0.4 is 5.32 Å². The van der Waals surface area contributed by atoms with Gasteiger partial charge in [-0.2, -0.15) is 0 Å². The lowest BCUT2D eigenvalue weighted by Gasteiger charge is -2.29. The van der Waals surface area contributed by atoms with Crippen molar-refractivity contribution in [3.05, 3.63) is 0 Å². The van der Waals surface area contributed by atoms with Crippen LogP contribution in [0.25, 0.3) is 0 Å². The molecule has 1 aliphatic carbocycles. The van der Waals surface area contributed by atoms with Crippen molar-refractivity contribution in [2.24, 2.45) is 5.92 Å². The summed E-state index contributed by atoms with van der Waals surface area (Å²) in [6.45, 7) is 3.64. The number of rotatable bonds is 4. The first-order chi connectivity index (χ1) is 8.33. The zero-order valence-electron chi connectivity index (χ0n) is 11.5. The molecule has 3 unspecified atom stereocenters. The second kappa shape index (κ2) is 6.72. The first-order valence-corrected chi connectivity index (χ1v) is 7.26. The van der Waals surface area contributed by atoms with Gasteiger partial charge in [0.15, 0.2) is 0 Å². The van der Waals surface area contributed by atoms with E-state index in [0.717, 1.165) is 18.5 Å². The fraction of sp³-hybridized carbons (Fsp3) is 1.00. The molecule has 1 saturated carbocycles. The van der Waals surface area contributed by atoms with E-state index in [9.17, 15) is 0 Å². The SMILES string of the molecule is CNC1CCCCCC1CN1CCC(OC)C1. The van der Waals surface area contributed by atoms with Crippen LogP contribution in [0, 0.1) is 5.92 Å². The summed E-state index contributed by atoms with van der Waals surface area (Å²) in [5, 5.41) is 3.54. The topological polar surface area (TPSA) is 24.5 Å². The zero-order valence-corrected chi connectivity index (χ0v) is 11.5. The van der Waals surface area contributed by atoms with Gasteiger partial charge in [-0.05, 0) is 32.2 Å². The molecule has 2 aliphatic rings. The molecule has 100 valence electrons. The van der Waals surface area contributed by atoms with Gasteiger partial charge in [0.1, 0.15) is 0 Å². The van der Waals surface area contributed by atoms with Gasteiger partial charge in [0.05, 0.1) is 6.10 Å². The highest BCUT2D eigenvalue weighted by Gasteiger charge is 2.28. The predicted octanol–water partition coefficient (Wildman–Crippen LogP) is 1.88. The van der Waals surface area contributed by atoms with E-state index in [2.05, 4.69) is 17.3 Å². The number of nitrogens with one attached hydrogen (secondary N) is 1. The minimum atomic E-state index is 0.480. The molecular weight excluding hydrogens is 212 g/mol. The van der Waals surface area contributed by atoms with Crippen LogP contribution in [0.4, 0.5) is 0 Å². The van der Waals surface area contributed by atoms with Crippen LogP contribution in [0.3, 0.4) is 0 Å². The van der Waals surface area contributed by atoms with E-state index in [0.29, 0.717) is 6.10 Å². The van der Waals surface area contributed by atoms with E-state index < -0.39 is 0 Å². The average molecular weight is 240 g/mol. The van der Waals surface area contributed by atoms with E-state index in [4.69, 9.17) is 4.74 Å². The lowest BCUT2D eigenvalue weighted by Crippen LogP contribution is -2.40. The third-order valence-corrected chi connectivity index (χ3v) is 4.59. The number of likely N-dealkylation sites (tertiary alicyclic amines) is 1. The summed E-state index contributed by atoms with van der Waals surface area (Å²) in [5.41, 5.74) is 0. The Balaban J connectivity index is 1.83. The molecule has 0 aromatic heterocycles. The summed E-state index contributed by atoms with van der Waals surface area (Å²) in [4.78, 5) is 2.61. The normalized spacial score (nSPS) is 36.0. The summed E-state index contributed by atoms with van der Waals surface area (Å²) in [6, 6.07) is 0.735. The predicted molar refractivity (Wildman–Crippen MR) is 71.3 cm³/mol.